The fourth-order valence-electron chi connectivity index (χ4n) is 2.91. The average molecular weight is 414 g/mol. The highest BCUT2D eigenvalue weighted by Gasteiger charge is 2.10. The number of ether oxygens (including phenoxy) is 1. The Bertz CT molecular complexity index is 1100. The van der Waals surface area contributed by atoms with Crippen molar-refractivity contribution in [1.82, 2.24) is 20.4 Å². The molecule has 31 heavy (non-hydrogen) atoms. The molecular weight excluding hydrogens is 392 g/mol. The van der Waals surface area contributed by atoms with Gasteiger partial charge in [-0.3, -0.25) is 9.78 Å². The zero-order valence-electron chi connectivity index (χ0n) is 16.9. The first-order chi connectivity index (χ1) is 15.3. The van der Waals surface area contributed by atoms with Gasteiger partial charge in [-0.2, -0.15) is 4.98 Å². The maximum atomic E-state index is 12.2. The first-order valence-corrected chi connectivity index (χ1v) is 10.0. The molecule has 0 fully saturated rings. The van der Waals surface area contributed by atoms with E-state index in [9.17, 15) is 4.79 Å². The molecule has 0 atom stereocenters. The summed E-state index contributed by atoms with van der Waals surface area (Å²) in [7, 11) is 0. The molecule has 156 valence electrons. The van der Waals surface area contributed by atoms with E-state index in [1.807, 2.05) is 66.7 Å². The van der Waals surface area contributed by atoms with Gasteiger partial charge in [0, 0.05) is 37.3 Å². The minimum atomic E-state index is -0.0717. The molecule has 2 heterocycles. The van der Waals surface area contributed by atoms with Crippen LogP contribution < -0.4 is 10.1 Å². The summed E-state index contributed by atoms with van der Waals surface area (Å²) in [4.78, 5) is 20.5. The molecule has 0 aliphatic heterocycles. The van der Waals surface area contributed by atoms with Crippen molar-refractivity contribution in [2.75, 3.05) is 0 Å². The highest BCUT2D eigenvalue weighted by molar-refractivity contribution is 5.76. The molecule has 0 unspecified atom stereocenters. The highest BCUT2D eigenvalue weighted by Crippen LogP contribution is 2.15. The second-order valence-electron chi connectivity index (χ2n) is 6.95. The third-order valence-corrected chi connectivity index (χ3v) is 4.62. The monoisotopic (exact) mass is 414 g/mol. The topological polar surface area (TPSA) is 90.1 Å². The van der Waals surface area contributed by atoms with Crippen LogP contribution in [0.1, 0.15) is 23.4 Å². The molecule has 4 aromatic rings. The van der Waals surface area contributed by atoms with Gasteiger partial charge < -0.3 is 14.6 Å². The van der Waals surface area contributed by atoms with Crippen molar-refractivity contribution in [3.05, 3.63) is 96.1 Å². The van der Waals surface area contributed by atoms with Gasteiger partial charge in [0.05, 0.1) is 0 Å². The summed E-state index contributed by atoms with van der Waals surface area (Å²) >= 11 is 0. The van der Waals surface area contributed by atoms with Gasteiger partial charge in [-0.15, -0.1) is 0 Å². The number of hydrogen-bond acceptors (Lipinski definition) is 6. The number of para-hydroxylation sites is 1. The van der Waals surface area contributed by atoms with Crippen molar-refractivity contribution in [2.24, 2.45) is 0 Å². The zero-order chi connectivity index (χ0) is 21.3. The number of carbonyl (C=O) groups excluding carboxylic acids is 1. The largest absolute Gasteiger partial charge is 0.489 e. The van der Waals surface area contributed by atoms with Gasteiger partial charge in [-0.05, 0) is 35.4 Å². The van der Waals surface area contributed by atoms with Crippen LogP contribution in [-0.2, 0) is 24.4 Å². The lowest BCUT2D eigenvalue weighted by atomic mass is 10.1. The predicted octanol–water partition coefficient (Wildman–Crippen LogP) is 3.96. The van der Waals surface area contributed by atoms with E-state index in [0.29, 0.717) is 31.3 Å². The maximum Gasteiger partial charge on any atom is 0.227 e. The third-order valence-electron chi connectivity index (χ3n) is 4.62. The highest BCUT2D eigenvalue weighted by atomic mass is 16.5. The summed E-state index contributed by atoms with van der Waals surface area (Å²) in [6.45, 7) is 0.964. The fourth-order valence-corrected chi connectivity index (χ4v) is 2.91. The summed E-state index contributed by atoms with van der Waals surface area (Å²) in [6, 6.07) is 21.3. The van der Waals surface area contributed by atoms with E-state index in [-0.39, 0.29) is 12.3 Å². The molecule has 0 aliphatic rings. The second-order valence-corrected chi connectivity index (χ2v) is 6.95. The van der Waals surface area contributed by atoms with Crippen LogP contribution in [0.15, 0.2) is 83.6 Å². The lowest BCUT2D eigenvalue weighted by Crippen LogP contribution is -2.23. The number of nitrogens with one attached hydrogen (secondary N) is 1. The van der Waals surface area contributed by atoms with Crippen LogP contribution in [0, 0.1) is 0 Å². The van der Waals surface area contributed by atoms with Crippen LogP contribution in [0.4, 0.5) is 0 Å². The quantitative estimate of drug-likeness (QED) is 0.446. The van der Waals surface area contributed by atoms with Crippen molar-refractivity contribution >= 4 is 5.91 Å². The van der Waals surface area contributed by atoms with Gasteiger partial charge >= 0.3 is 0 Å². The maximum absolute atomic E-state index is 12.2. The van der Waals surface area contributed by atoms with Gasteiger partial charge in [-0.25, -0.2) is 0 Å². The first kappa shape index (κ1) is 20.3. The molecule has 2 aromatic carbocycles. The lowest BCUT2D eigenvalue weighted by molar-refractivity contribution is -0.121. The predicted molar refractivity (Wildman–Crippen MR) is 115 cm³/mol. The van der Waals surface area contributed by atoms with Crippen LogP contribution in [0.3, 0.4) is 0 Å². The van der Waals surface area contributed by atoms with Crippen molar-refractivity contribution in [3.63, 3.8) is 0 Å². The van der Waals surface area contributed by atoms with E-state index in [2.05, 4.69) is 20.4 Å². The number of benzene rings is 2. The Kier molecular flexibility index (Phi) is 6.64. The number of aryl methyl sites for hydroxylation is 1. The standard InChI is InChI=1S/C24H22N4O3/c29-22(12-13-23-27-24(28-31-23)20-5-4-14-25-16-20)26-15-18-8-10-19(11-9-18)17-30-21-6-2-1-3-7-21/h1-11,14,16H,12-13,15,17H2,(H,26,29). The molecule has 0 saturated heterocycles. The fraction of sp³-hybridized carbons (Fsp3) is 0.167. The van der Waals surface area contributed by atoms with Crippen molar-refractivity contribution in [3.8, 4) is 17.1 Å². The number of pyridine rings is 1. The molecule has 4 rings (SSSR count). The summed E-state index contributed by atoms with van der Waals surface area (Å²) < 4.78 is 11.0. The molecule has 1 amide bonds. The van der Waals surface area contributed by atoms with E-state index in [1.165, 1.54) is 0 Å². The summed E-state index contributed by atoms with van der Waals surface area (Å²) in [6.07, 6.45) is 4.01. The van der Waals surface area contributed by atoms with E-state index in [1.54, 1.807) is 12.4 Å². The van der Waals surface area contributed by atoms with E-state index in [0.717, 1.165) is 22.4 Å². The van der Waals surface area contributed by atoms with Gasteiger partial charge in [0.15, 0.2) is 0 Å². The van der Waals surface area contributed by atoms with Crippen molar-refractivity contribution < 1.29 is 14.1 Å². The number of rotatable bonds is 9. The second kappa shape index (κ2) is 10.2. The molecule has 0 saturated carbocycles. The number of hydrogen-bond donors (Lipinski definition) is 1. The first-order valence-electron chi connectivity index (χ1n) is 10.0. The molecule has 0 bridgehead atoms. The van der Waals surface area contributed by atoms with Crippen molar-refractivity contribution in [2.45, 2.75) is 26.0 Å². The van der Waals surface area contributed by atoms with Gasteiger partial charge in [0.1, 0.15) is 12.4 Å². The number of nitrogens with zero attached hydrogens (tertiary/aromatic N) is 3. The lowest BCUT2D eigenvalue weighted by Gasteiger charge is -2.08. The molecule has 0 spiro atoms. The molecule has 0 radical (unpaired) electrons. The molecule has 1 N–H and O–H groups in total. The normalized spacial score (nSPS) is 10.6. The van der Waals surface area contributed by atoms with E-state index in [4.69, 9.17) is 9.26 Å². The molecule has 7 nitrogen and oxygen atoms in total. The SMILES string of the molecule is O=C(CCc1nc(-c2cccnc2)no1)NCc1ccc(COc2ccccc2)cc1. The minimum absolute atomic E-state index is 0.0717. The number of carbonyl (C=O) groups is 1. The van der Waals surface area contributed by atoms with Crippen LogP contribution in [0.25, 0.3) is 11.4 Å². The smallest absolute Gasteiger partial charge is 0.227 e. The third kappa shape index (κ3) is 5.99. The Labute approximate surface area is 180 Å². The van der Waals surface area contributed by atoms with Crippen LogP contribution in [0.5, 0.6) is 5.75 Å². The summed E-state index contributed by atoms with van der Waals surface area (Å²) in [5.41, 5.74) is 2.87. The summed E-state index contributed by atoms with van der Waals surface area (Å²) in [5, 5.41) is 6.85. The average Bonchev–Trinajstić information content (AvgIpc) is 3.31. The van der Waals surface area contributed by atoms with Gasteiger partial charge in [0.25, 0.3) is 0 Å². The summed E-state index contributed by atoms with van der Waals surface area (Å²) in [5.74, 6) is 1.67. The Morgan fingerprint density at radius 1 is 0.968 bits per heavy atom. The van der Waals surface area contributed by atoms with Crippen LogP contribution in [-0.4, -0.2) is 21.0 Å². The molecule has 2 aromatic heterocycles. The number of amides is 1. The number of aromatic nitrogens is 3. The van der Waals surface area contributed by atoms with Gasteiger partial charge in [-0.1, -0.05) is 47.6 Å². The Morgan fingerprint density at radius 3 is 2.55 bits per heavy atom. The van der Waals surface area contributed by atoms with Crippen molar-refractivity contribution in [1.29, 1.82) is 0 Å². The van der Waals surface area contributed by atoms with Gasteiger partial charge in [0.2, 0.25) is 17.6 Å². The molecular formula is C24H22N4O3. The Hall–Kier alpha value is -4.00. The molecule has 7 heteroatoms. The molecule has 0 aliphatic carbocycles. The Balaban J connectivity index is 1.20. The van der Waals surface area contributed by atoms with Crippen LogP contribution >= 0.6 is 0 Å². The van der Waals surface area contributed by atoms with E-state index >= 15 is 0 Å². The zero-order valence-corrected chi connectivity index (χ0v) is 16.9. The minimum Gasteiger partial charge on any atom is -0.489 e. The van der Waals surface area contributed by atoms with E-state index < -0.39 is 0 Å². The van der Waals surface area contributed by atoms with Crippen LogP contribution in [0.2, 0.25) is 0 Å². The Morgan fingerprint density at radius 2 is 1.77 bits per heavy atom.